The number of piperidine rings is 1. The van der Waals surface area contributed by atoms with Crippen LogP contribution in [0.2, 0.25) is 0 Å². The van der Waals surface area contributed by atoms with E-state index < -0.39 is 0 Å². The van der Waals surface area contributed by atoms with Crippen LogP contribution in [0.15, 0.2) is 18.2 Å². The molecule has 0 saturated carbocycles. The van der Waals surface area contributed by atoms with Gasteiger partial charge < -0.3 is 4.74 Å². The molecule has 2 aliphatic rings. The van der Waals surface area contributed by atoms with E-state index in [9.17, 15) is 0 Å². The van der Waals surface area contributed by atoms with Crippen molar-refractivity contribution in [1.82, 2.24) is 15.1 Å². The van der Waals surface area contributed by atoms with E-state index in [4.69, 9.17) is 4.74 Å². The van der Waals surface area contributed by atoms with Crippen molar-refractivity contribution in [2.45, 2.75) is 38.1 Å². The Morgan fingerprint density at radius 2 is 2.32 bits per heavy atom. The quantitative estimate of drug-likeness (QED) is 0.943. The highest BCUT2D eigenvalue weighted by Gasteiger charge is 2.40. The van der Waals surface area contributed by atoms with E-state index in [-0.39, 0.29) is 0 Å². The van der Waals surface area contributed by atoms with E-state index in [0.717, 1.165) is 13.0 Å². The second-order valence-corrected chi connectivity index (χ2v) is 6.87. The van der Waals surface area contributed by atoms with Crippen molar-refractivity contribution < 1.29 is 4.74 Å². The molecular formula is C18H25N3O. The summed E-state index contributed by atoms with van der Waals surface area (Å²) in [5.41, 5.74) is 3.96. The van der Waals surface area contributed by atoms with Gasteiger partial charge in [0.1, 0.15) is 0 Å². The largest absolute Gasteiger partial charge is 0.384 e. The minimum Gasteiger partial charge on any atom is -0.384 e. The number of nitrogens with zero attached hydrogens (tertiary/aromatic N) is 2. The fourth-order valence-corrected chi connectivity index (χ4v) is 4.64. The van der Waals surface area contributed by atoms with Gasteiger partial charge in [0.2, 0.25) is 0 Å². The first-order valence-corrected chi connectivity index (χ1v) is 8.50. The van der Waals surface area contributed by atoms with Gasteiger partial charge >= 0.3 is 0 Å². The van der Waals surface area contributed by atoms with Crippen LogP contribution in [0.3, 0.4) is 0 Å². The molecule has 1 saturated heterocycles. The maximum Gasteiger partial charge on any atom is 0.0719 e. The molecule has 118 valence electrons. The van der Waals surface area contributed by atoms with Crippen molar-refractivity contribution in [1.29, 1.82) is 0 Å². The molecule has 1 aliphatic heterocycles. The first kappa shape index (κ1) is 14.2. The Bertz CT molecular complexity index is 665. The van der Waals surface area contributed by atoms with Crippen LogP contribution in [-0.4, -0.2) is 47.9 Å². The van der Waals surface area contributed by atoms with Crippen LogP contribution >= 0.6 is 0 Å². The summed E-state index contributed by atoms with van der Waals surface area (Å²) in [4.78, 5) is 2.69. The molecule has 4 nitrogen and oxygen atoms in total. The summed E-state index contributed by atoms with van der Waals surface area (Å²) in [6, 6.07) is 7.24. The van der Waals surface area contributed by atoms with Crippen LogP contribution in [0.4, 0.5) is 0 Å². The van der Waals surface area contributed by atoms with Crippen LogP contribution in [0.25, 0.3) is 10.9 Å². The number of hydrogen-bond donors (Lipinski definition) is 1. The molecule has 0 spiro atoms. The van der Waals surface area contributed by atoms with E-state index in [2.05, 4.69) is 40.2 Å². The first-order valence-electron chi connectivity index (χ1n) is 8.50. The van der Waals surface area contributed by atoms with Crippen molar-refractivity contribution in [3.8, 4) is 0 Å². The number of methoxy groups -OCH3 is 1. The average Bonchev–Trinajstić information content (AvgIpc) is 2.94. The number of ether oxygens (including phenoxy) is 1. The van der Waals surface area contributed by atoms with Crippen LogP contribution in [-0.2, 0) is 11.2 Å². The fourth-order valence-electron chi connectivity index (χ4n) is 4.64. The molecule has 2 heterocycles. The van der Waals surface area contributed by atoms with Gasteiger partial charge in [-0.15, -0.1) is 0 Å². The summed E-state index contributed by atoms with van der Waals surface area (Å²) in [6.07, 6.45) is 3.53. The molecule has 4 heteroatoms. The van der Waals surface area contributed by atoms with Crippen LogP contribution in [0, 0.1) is 5.92 Å². The number of hydrogen-bond acceptors (Lipinski definition) is 3. The molecule has 1 N–H and O–H groups in total. The lowest BCUT2D eigenvalue weighted by Gasteiger charge is -2.46. The fraction of sp³-hybridized carbons (Fsp3) is 0.611. The highest BCUT2D eigenvalue weighted by atomic mass is 16.5. The van der Waals surface area contributed by atoms with Gasteiger partial charge in [-0.25, -0.2) is 0 Å². The van der Waals surface area contributed by atoms with Crippen molar-refractivity contribution in [3.63, 3.8) is 0 Å². The predicted octanol–water partition coefficient (Wildman–Crippen LogP) is 2.95. The molecule has 3 atom stereocenters. The number of nitrogens with one attached hydrogen (secondary N) is 1. The summed E-state index contributed by atoms with van der Waals surface area (Å²) < 4.78 is 5.47. The van der Waals surface area contributed by atoms with Gasteiger partial charge in [0.15, 0.2) is 0 Å². The minimum atomic E-state index is 0.606. The molecule has 1 aliphatic carbocycles. The Labute approximate surface area is 131 Å². The van der Waals surface area contributed by atoms with E-state index in [0.29, 0.717) is 17.9 Å². The third-order valence-electron chi connectivity index (χ3n) is 5.43. The predicted molar refractivity (Wildman–Crippen MR) is 88.2 cm³/mol. The number of likely N-dealkylation sites (tertiary alicyclic amines) is 1. The number of H-pyrrole nitrogens is 1. The third-order valence-corrected chi connectivity index (χ3v) is 5.43. The van der Waals surface area contributed by atoms with Gasteiger partial charge in [-0.2, -0.15) is 5.10 Å². The zero-order valence-electron chi connectivity index (χ0n) is 13.5. The van der Waals surface area contributed by atoms with Gasteiger partial charge in [0, 0.05) is 37.4 Å². The Hall–Kier alpha value is -1.39. The highest BCUT2D eigenvalue weighted by molar-refractivity contribution is 5.86. The zero-order chi connectivity index (χ0) is 15.1. The van der Waals surface area contributed by atoms with Crippen LogP contribution in [0.5, 0.6) is 0 Å². The number of benzene rings is 1. The smallest absolute Gasteiger partial charge is 0.0719 e. The second-order valence-electron chi connectivity index (χ2n) is 6.87. The Kier molecular flexibility index (Phi) is 3.66. The van der Waals surface area contributed by atoms with Crippen molar-refractivity contribution in [3.05, 3.63) is 29.5 Å². The molecule has 1 fully saturated rings. The van der Waals surface area contributed by atoms with E-state index in [1.54, 1.807) is 0 Å². The van der Waals surface area contributed by atoms with Gasteiger partial charge in [-0.1, -0.05) is 19.1 Å². The SMILES string of the molecule is CCCN1C[C@@H](COC)C[C@@H]2c3cccc4[nH]nc(c34)C[C@H]21. The van der Waals surface area contributed by atoms with Gasteiger partial charge in [0.05, 0.1) is 17.8 Å². The molecular weight excluding hydrogens is 274 g/mol. The Morgan fingerprint density at radius 3 is 3.14 bits per heavy atom. The topological polar surface area (TPSA) is 41.1 Å². The van der Waals surface area contributed by atoms with E-state index in [1.807, 2.05) is 7.11 Å². The van der Waals surface area contributed by atoms with Crippen molar-refractivity contribution in [2.24, 2.45) is 5.92 Å². The van der Waals surface area contributed by atoms with Gasteiger partial charge in [0.25, 0.3) is 0 Å². The van der Waals surface area contributed by atoms with Gasteiger partial charge in [-0.3, -0.25) is 10.00 Å². The monoisotopic (exact) mass is 299 g/mol. The molecule has 4 rings (SSSR count). The Morgan fingerprint density at radius 1 is 1.41 bits per heavy atom. The third kappa shape index (κ3) is 2.17. The zero-order valence-corrected chi connectivity index (χ0v) is 13.5. The van der Waals surface area contributed by atoms with Crippen LogP contribution < -0.4 is 0 Å². The molecule has 0 radical (unpaired) electrons. The van der Waals surface area contributed by atoms with Gasteiger partial charge in [-0.05, 0) is 36.9 Å². The summed E-state index contributed by atoms with van der Waals surface area (Å²) in [5, 5.41) is 9.20. The molecule has 1 aromatic carbocycles. The lowest BCUT2D eigenvalue weighted by atomic mass is 9.73. The lowest BCUT2D eigenvalue weighted by Crippen LogP contribution is -2.51. The molecule has 22 heavy (non-hydrogen) atoms. The molecule has 0 amide bonds. The number of aromatic nitrogens is 2. The maximum absolute atomic E-state index is 5.47. The second kappa shape index (κ2) is 5.67. The molecule has 0 bridgehead atoms. The number of fused-ring (bicyclic) bond motifs is 2. The number of rotatable bonds is 4. The maximum atomic E-state index is 5.47. The minimum absolute atomic E-state index is 0.606. The van der Waals surface area contributed by atoms with Crippen molar-refractivity contribution >= 4 is 10.9 Å². The summed E-state index contributed by atoms with van der Waals surface area (Å²) in [6.45, 7) is 5.49. The lowest BCUT2D eigenvalue weighted by molar-refractivity contribution is 0.0424. The summed E-state index contributed by atoms with van der Waals surface area (Å²) in [7, 11) is 1.83. The van der Waals surface area contributed by atoms with E-state index in [1.165, 1.54) is 48.1 Å². The average molecular weight is 299 g/mol. The summed E-state index contributed by atoms with van der Waals surface area (Å²) in [5.74, 6) is 1.26. The summed E-state index contributed by atoms with van der Waals surface area (Å²) >= 11 is 0. The normalized spacial score (nSPS) is 28.0. The molecule has 2 aromatic rings. The molecule has 1 aromatic heterocycles. The standard InChI is InChI=1S/C18H25N3O/c1-3-7-21-10-12(11-22-2)8-14-13-5-4-6-15-18(13)16(20-19-15)9-17(14)21/h4-6,12,14,17H,3,7-11H2,1-2H3,(H,19,20)/t12-,14+,17+/m0/s1. The van der Waals surface area contributed by atoms with Crippen LogP contribution in [0.1, 0.15) is 36.9 Å². The highest BCUT2D eigenvalue weighted by Crippen LogP contribution is 2.44. The van der Waals surface area contributed by atoms with E-state index >= 15 is 0 Å². The Balaban J connectivity index is 1.75. The van der Waals surface area contributed by atoms with Crippen molar-refractivity contribution in [2.75, 3.05) is 26.8 Å². The number of aromatic amines is 1. The molecule has 0 unspecified atom stereocenters. The first-order chi connectivity index (χ1) is 10.8.